The van der Waals surface area contributed by atoms with Crippen molar-refractivity contribution >= 4 is 29.7 Å². The lowest BCUT2D eigenvalue weighted by molar-refractivity contribution is -0.123. The van der Waals surface area contributed by atoms with Crippen LogP contribution in [0.1, 0.15) is 22.8 Å². The van der Waals surface area contributed by atoms with Crippen LogP contribution in [0.4, 0.5) is 0 Å². The number of hydrogen-bond donors (Lipinski definition) is 1. The first-order valence-corrected chi connectivity index (χ1v) is 10.7. The summed E-state index contributed by atoms with van der Waals surface area (Å²) in [5.74, 6) is 0.614. The lowest BCUT2D eigenvalue weighted by Crippen LogP contribution is -2.24. The van der Waals surface area contributed by atoms with Crippen molar-refractivity contribution in [3.8, 4) is 23.0 Å². The fraction of sp³-hybridized carbons (Fsp3) is 0.160. The average molecular weight is 483 g/mol. The number of esters is 1. The molecule has 0 fully saturated rings. The number of benzene rings is 3. The zero-order valence-corrected chi connectivity index (χ0v) is 19.4. The maximum atomic E-state index is 12.4. The van der Waals surface area contributed by atoms with E-state index in [1.165, 1.54) is 13.3 Å². The van der Waals surface area contributed by atoms with Crippen molar-refractivity contribution in [3.63, 3.8) is 0 Å². The number of hydrazone groups is 1. The van der Waals surface area contributed by atoms with E-state index >= 15 is 0 Å². The van der Waals surface area contributed by atoms with Crippen molar-refractivity contribution in [1.29, 1.82) is 0 Å². The minimum absolute atomic E-state index is 0.235. The molecule has 176 valence electrons. The Morgan fingerprint density at radius 2 is 1.68 bits per heavy atom. The number of carbonyl (C=O) groups excluding carboxylic acids is 2. The van der Waals surface area contributed by atoms with Crippen molar-refractivity contribution < 1.29 is 28.5 Å². The summed E-state index contributed by atoms with van der Waals surface area (Å²) in [7, 11) is 1.52. The Morgan fingerprint density at radius 3 is 2.38 bits per heavy atom. The maximum absolute atomic E-state index is 12.4. The van der Waals surface area contributed by atoms with E-state index in [1.54, 1.807) is 66.7 Å². The number of nitrogens with zero attached hydrogens (tertiary/aromatic N) is 1. The summed E-state index contributed by atoms with van der Waals surface area (Å²) in [5, 5.41) is 4.45. The van der Waals surface area contributed by atoms with E-state index < -0.39 is 11.9 Å². The molecule has 1 amide bonds. The van der Waals surface area contributed by atoms with E-state index in [2.05, 4.69) is 10.5 Å². The second kappa shape index (κ2) is 12.3. The summed E-state index contributed by atoms with van der Waals surface area (Å²) in [6, 6.07) is 18.3. The number of halogens is 1. The molecule has 0 saturated carbocycles. The van der Waals surface area contributed by atoms with E-state index in [-0.39, 0.29) is 12.4 Å². The van der Waals surface area contributed by atoms with Gasteiger partial charge in [0, 0.05) is 5.02 Å². The first-order chi connectivity index (χ1) is 16.5. The van der Waals surface area contributed by atoms with Crippen molar-refractivity contribution in [3.05, 3.63) is 82.9 Å². The highest BCUT2D eigenvalue weighted by atomic mass is 35.5. The first kappa shape index (κ1) is 24.6. The smallest absolute Gasteiger partial charge is 0.343 e. The second-order valence-corrected chi connectivity index (χ2v) is 7.20. The molecule has 0 spiro atoms. The van der Waals surface area contributed by atoms with E-state index in [1.807, 2.05) is 6.92 Å². The summed E-state index contributed by atoms with van der Waals surface area (Å²) < 4.78 is 21.7. The SMILES string of the molecule is CCOc1cc(/C=N/NC(=O)COc2ccccc2OC)ccc1OC(=O)c1ccc(Cl)cc1. The molecule has 0 aliphatic carbocycles. The van der Waals surface area contributed by atoms with Gasteiger partial charge in [0.1, 0.15) is 0 Å². The number of methoxy groups -OCH3 is 1. The predicted octanol–water partition coefficient (Wildman–Crippen LogP) is 4.50. The fourth-order valence-corrected chi connectivity index (χ4v) is 2.92. The number of para-hydroxylation sites is 2. The second-order valence-electron chi connectivity index (χ2n) is 6.77. The monoisotopic (exact) mass is 482 g/mol. The summed E-state index contributed by atoms with van der Waals surface area (Å²) >= 11 is 5.86. The number of nitrogens with one attached hydrogen (secondary N) is 1. The zero-order valence-electron chi connectivity index (χ0n) is 18.6. The molecule has 0 heterocycles. The summed E-state index contributed by atoms with van der Waals surface area (Å²) in [5.41, 5.74) is 3.37. The van der Waals surface area contributed by atoms with Crippen LogP contribution in [-0.2, 0) is 4.79 Å². The van der Waals surface area contributed by atoms with Crippen LogP contribution in [-0.4, -0.2) is 38.4 Å². The maximum Gasteiger partial charge on any atom is 0.343 e. The molecule has 1 N–H and O–H groups in total. The third kappa shape index (κ3) is 6.98. The van der Waals surface area contributed by atoms with Gasteiger partial charge in [0.15, 0.2) is 29.6 Å². The standard InChI is InChI=1S/C25H23ClN2O6/c1-3-32-23-14-17(8-13-22(23)34-25(30)18-9-11-19(26)12-10-18)15-27-28-24(29)16-33-21-7-5-4-6-20(21)31-2/h4-15H,3,16H2,1-2H3,(H,28,29)/b27-15+. The molecule has 0 unspecified atom stereocenters. The number of hydrogen-bond acceptors (Lipinski definition) is 7. The highest BCUT2D eigenvalue weighted by Gasteiger charge is 2.13. The molecular weight excluding hydrogens is 460 g/mol. The molecule has 0 aliphatic heterocycles. The molecule has 3 rings (SSSR count). The van der Waals surface area contributed by atoms with E-state index in [4.69, 9.17) is 30.5 Å². The average Bonchev–Trinajstić information content (AvgIpc) is 2.85. The molecule has 0 radical (unpaired) electrons. The Bertz CT molecular complexity index is 1160. The number of ether oxygens (including phenoxy) is 4. The lowest BCUT2D eigenvalue weighted by atomic mass is 10.2. The molecule has 9 heteroatoms. The highest BCUT2D eigenvalue weighted by Crippen LogP contribution is 2.29. The van der Waals surface area contributed by atoms with Crippen molar-refractivity contribution in [2.45, 2.75) is 6.92 Å². The largest absolute Gasteiger partial charge is 0.493 e. The van der Waals surface area contributed by atoms with Gasteiger partial charge in [0.05, 0.1) is 25.5 Å². The molecule has 0 bridgehead atoms. The van der Waals surface area contributed by atoms with Crippen molar-refractivity contribution in [2.24, 2.45) is 5.10 Å². The third-order valence-electron chi connectivity index (χ3n) is 4.38. The van der Waals surface area contributed by atoms with Gasteiger partial charge in [0.25, 0.3) is 5.91 Å². The predicted molar refractivity (Wildman–Crippen MR) is 128 cm³/mol. The van der Waals surface area contributed by atoms with Crippen LogP contribution in [0.5, 0.6) is 23.0 Å². The van der Waals surface area contributed by atoms with Gasteiger partial charge in [-0.05, 0) is 67.1 Å². The van der Waals surface area contributed by atoms with Crippen molar-refractivity contribution in [2.75, 3.05) is 20.3 Å². The quantitative estimate of drug-likeness (QED) is 0.198. The van der Waals surface area contributed by atoms with Crippen LogP contribution in [0, 0.1) is 0 Å². The Labute approximate surface area is 202 Å². The molecule has 0 saturated heterocycles. The minimum atomic E-state index is -0.540. The molecule has 0 atom stereocenters. The van der Waals surface area contributed by atoms with Gasteiger partial charge in [-0.3, -0.25) is 4.79 Å². The fourth-order valence-electron chi connectivity index (χ4n) is 2.79. The van der Waals surface area contributed by atoms with Crippen molar-refractivity contribution in [1.82, 2.24) is 5.43 Å². The molecule has 3 aromatic carbocycles. The molecule has 0 aromatic heterocycles. The number of rotatable bonds is 10. The normalized spacial score (nSPS) is 10.6. The van der Waals surface area contributed by atoms with Crippen LogP contribution in [0.15, 0.2) is 71.8 Å². The molecule has 8 nitrogen and oxygen atoms in total. The van der Waals surface area contributed by atoms with Gasteiger partial charge < -0.3 is 18.9 Å². The van der Waals surface area contributed by atoms with E-state index in [9.17, 15) is 9.59 Å². The number of carbonyl (C=O) groups is 2. The van der Waals surface area contributed by atoms with Crippen LogP contribution in [0.2, 0.25) is 5.02 Å². The van der Waals surface area contributed by atoms with Crippen LogP contribution in [0.25, 0.3) is 0 Å². The Hall–Kier alpha value is -4.04. The summed E-state index contributed by atoms with van der Waals surface area (Å²) in [6.45, 7) is 1.94. The van der Waals surface area contributed by atoms with Gasteiger partial charge in [-0.1, -0.05) is 23.7 Å². The van der Waals surface area contributed by atoms with E-state index in [0.29, 0.717) is 40.0 Å². The van der Waals surface area contributed by atoms with Crippen LogP contribution >= 0.6 is 11.6 Å². The zero-order chi connectivity index (χ0) is 24.3. The van der Waals surface area contributed by atoms with Gasteiger partial charge in [-0.25, -0.2) is 10.2 Å². The topological polar surface area (TPSA) is 95.5 Å². The highest BCUT2D eigenvalue weighted by molar-refractivity contribution is 6.30. The van der Waals surface area contributed by atoms with Crippen LogP contribution < -0.4 is 24.4 Å². The van der Waals surface area contributed by atoms with Crippen LogP contribution in [0.3, 0.4) is 0 Å². The lowest BCUT2D eigenvalue weighted by Gasteiger charge is -2.11. The van der Waals surface area contributed by atoms with Gasteiger partial charge in [0.2, 0.25) is 0 Å². The molecule has 3 aromatic rings. The van der Waals surface area contributed by atoms with Gasteiger partial charge in [-0.2, -0.15) is 5.10 Å². The Kier molecular flexibility index (Phi) is 8.88. The molecule has 34 heavy (non-hydrogen) atoms. The first-order valence-electron chi connectivity index (χ1n) is 10.3. The molecule has 0 aliphatic rings. The minimum Gasteiger partial charge on any atom is -0.493 e. The number of amides is 1. The summed E-state index contributed by atoms with van der Waals surface area (Å²) in [4.78, 5) is 24.4. The summed E-state index contributed by atoms with van der Waals surface area (Å²) in [6.07, 6.45) is 1.44. The Balaban J connectivity index is 1.59. The van der Waals surface area contributed by atoms with Gasteiger partial charge in [-0.15, -0.1) is 0 Å². The van der Waals surface area contributed by atoms with Gasteiger partial charge >= 0.3 is 5.97 Å². The Morgan fingerprint density at radius 1 is 0.941 bits per heavy atom. The van der Waals surface area contributed by atoms with E-state index in [0.717, 1.165) is 0 Å². The molecular formula is C25H23ClN2O6. The third-order valence-corrected chi connectivity index (χ3v) is 4.63.